The fourth-order valence-corrected chi connectivity index (χ4v) is 3.70. The van der Waals surface area contributed by atoms with Gasteiger partial charge in [-0.2, -0.15) is 0 Å². The van der Waals surface area contributed by atoms with Gasteiger partial charge in [-0.25, -0.2) is 17.5 Å². The lowest BCUT2D eigenvalue weighted by molar-refractivity contribution is 0.0342. The smallest absolute Gasteiger partial charge is 0.254 e. The first-order chi connectivity index (χ1) is 11.8. The number of rotatable bonds is 7. The van der Waals surface area contributed by atoms with E-state index in [0.29, 0.717) is 19.8 Å². The fraction of sp³-hybridized carbons (Fsp3) is 0.562. The molecule has 7 nitrogen and oxygen atoms in total. The van der Waals surface area contributed by atoms with Gasteiger partial charge in [-0.3, -0.25) is 9.69 Å². The van der Waals surface area contributed by atoms with Gasteiger partial charge in [0, 0.05) is 32.2 Å². The number of amides is 1. The Bertz CT molecular complexity index is 705. The number of sulfonamides is 1. The van der Waals surface area contributed by atoms with Gasteiger partial charge in [-0.1, -0.05) is 6.92 Å². The third kappa shape index (κ3) is 5.46. The van der Waals surface area contributed by atoms with Crippen LogP contribution < -0.4 is 10.0 Å². The normalized spacial score (nSPS) is 17.2. The highest BCUT2D eigenvalue weighted by molar-refractivity contribution is 7.89. The fourth-order valence-electron chi connectivity index (χ4n) is 2.64. The van der Waals surface area contributed by atoms with Gasteiger partial charge in [0.1, 0.15) is 5.82 Å². The van der Waals surface area contributed by atoms with Gasteiger partial charge in [-0.15, -0.1) is 0 Å². The summed E-state index contributed by atoms with van der Waals surface area (Å²) in [6, 6.07) is 2.98. The van der Waals surface area contributed by atoms with Gasteiger partial charge in [-0.05, 0) is 25.1 Å². The van der Waals surface area contributed by atoms with E-state index in [9.17, 15) is 17.6 Å². The summed E-state index contributed by atoms with van der Waals surface area (Å²) in [4.78, 5) is 14.4. The minimum absolute atomic E-state index is 0.137. The van der Waals surface area contributed by atoms with Crippen molar-refractivity contribution in [2.75, 3.05) is 39.4 Å². The van der Waals surface area contributed by atoms with E-state index >= 15 is 0 Å². The van der Waals surface area contributed by atoms with Gasteiger partial charge in [0.25, 0.3) is 5.91 Å². The minimum atomic E-state index is -3.75. The molecule has 2 N–H and O–H groups in total. The Hall–Kier alpha value is -1.55. The second-order valence-electron chi connectivity index (χ2n) is 5.93. The quantitative estimate of drug-likeness (QED) is 0.730. The van der Waals surface area contributed by atoms with E-state index in [2.05, 4.69) is 14.9 Å². The van der Waals surface area contributed by atoms with Crippen molar-refractivity contribution in [3.05, 3.63) is 29.6 Å². The Kier molecular flexibility index (Phi) is 6.88. The number of halogens is 1. The molecule has 1 aromatic rings. The number of carbonyl (C=O) groups is 1. The minimum Gasteiger partial charge on any atom is -0.379 e. The lowest BCUT2D eigenvalue weighted by Crippen LogP contribution is -2.46. The first kappa shape index (κ1) is 19.8. The lowest BCUT2D eigenvalue weighted by atomic mass is 10.2. The van der Waals surface area contributed by atoms with Crippen LogP contribution in [0.15, 0.2) is 23.1 Å². The van der Waals surface area contributed by atoms with Crippen LogP contribution in [0.2, 0.25) is 0 Å². The van der Waals surface area contributed by atoms with Crippen LogP contribution in [0.1, 0.15) is 24.2 Å². The second kappa shape index (κ2) is 8.70. The molecule has 1 aliphatic rings. The largest absolute Gasteiger partial charge is 0.379 e. The molecular weight excluding hydrogens is 349 g/mol. The Morgan fingerprint density at radius 2 is 2.04 bits per heavy atom. The third-order valence-corrected chi connectivity index (χ3v) is 5.38. The molecule has 1 aromatic carbocycles. The summed E-state index contributed by atoms with van der Waals surface area (Å²) in [5.41, 5.74) is -0.284. The number of morpholine rings is 1. The van der Waals surface area contributed by atoms with Crippen LogP contribution in [0.5, 0.6) is 0 Å². The van der Waals surface area contributed by atoms with Crippen LogP contribution in [-0.4, -0.2) is 64.7 Å². The Morgan fingerprint density at radius 1 is 1.36 bits per heavy atom. The molecule has 0 aromatic heterocycles. The van der Waals surface area contributed by atoms with Crippen molar-refractivity contribution in [1.29, 1.82) is 0 Å². The number of nitrogens with zero attached hydrogens (tertiary/aromatic N) is 1. The maximum atomic E-state index is 14.0. The maximum absolute atomic E-state index is 14.0. The van der Waals surface area contributed by atoms with Crippen molar-refractivity contribution >= 4 is 15.9 Å². The average Bonchev–Trinajstić information content (AvgIpc) is 2.55. The Morgan fingerprint density at radius 3 is 2.68 bits per heavy atom. The summed E-state index contributed by atoms with van der Waals surface area (Å²) < 4.78 is 45.6. The van der Waals surface area contributed by atoms with Crippen LogP contribution in [-0.2, 0) is 14.8 Å². The molecule has 0 saturated carbocycles. The predicted molar refractivity (Wildman–Crippen MR) is 91.4 cm³/mol. The van der Waals surface area contributed by atoms with Crippen LogP contribution in [0.4, 0.5) is 4.39 Å². The molecule has 0 bridgehead atoms. The summed E-state index contributed by atoms with van der Waals surface area (Å²) in [5.74, 6) is -1.39. The summed E-state index contributed by atoms with van der Waals surface area (Å²) in [7, 11) is -3.75. The number of nitrogens with one attached hydrogen (secondary N) is 2. The SMILES string of the molecule is CCNS(=O)(=O)c1ccc(F)c(C(=O)NC(C)CN2CCOCC2)c1. The molecule has 1 atom stereocenters. The topological polar surface area (TPSA) is 87.7 Å². The molecule has 0 radical (unpaired) electrons. The summed E-state index contributed by atoms with van der Waals surface area (Å²) >= 11 is 0. The van der Waals surface area contributed by atoms with Crippen molar-refractivity contribution < 1.29 is 22.3 Å². The molecule has 0 spiro atoms. The number of hydrogen-bond donors (Lipinski definition) is 2. The zero-order valence-electron chi connectivity index (χ0n) is 14.4. The number of carbonyl (C=O) groups excluding carboxylic acids is 1. The van der Waals surface area contributed by atoms with Crippen LogP contribution in [0, 0.1) is 5.82 Å². The molecule has 0 aliphatic carbocycles. The van der Waals surface area contributed by atoms with E-state index in [-0.39, 0.29) is 23.0 Å². The van der Waals surface area contributed by atoms with Crippen molar-refractivity contribution in [3.8, 4) is 0 Å². The van der Waals surface area contributed by atoms with E-state index < -0.39 is 21.7 Å². The Balaban J connectivity index is 2.07. The van der Waals surface area contributed by atoms with Gasteiger partial charge in [0.15, 0.2) is 0 Å². The van der Waals surface area contributed by atoms with Gasteiger partial charge in [0.05, 0.1) is 23.7 Å². The van der Waals surface area contributed by atoms with E-state index in [0.717, 1.165) is 31.3 Å². The highest BCUT2D eigenvalue weighted by atomic mass is 32.2. The Labute approximate surface area is 147 Å². The van der Waals surface area contributed by atoms with Gasteiger partial charge in [0.2, 0.25) is 10.0 Å². The number of ether oxygens (including phenoxy) is 1. The first-order valence-corrected chi connectivity index (χ1v) is 9.72. The molecular formula is C16H24FN3O4S. The highest BCUT2D eigenvalue weighted by Gasteiger charge is 2.21. The summed E-state index contributed by atoms with van der Waals surface area (Å²) in [6.45, 7) is 7.16. The molecule has 1 heterocycles. The van der Waals surface area contributed by atoms with E-state index in [4.69, 9.17) is 4.74 Å². The molecule has 2 rings (SSSR count). The third-order valence-electron chi connectivity index (χ3n) is 3.84. The maximum Gasteiger partial charge on any atom is 0.254 e. The van der Waals surface area contributed by atoms with E-state index in [1.165, 1.54) is 0 Å². The van der Waals surface area contributed by atoms with Crippen molar-refractivity contribution in [3.63, 3.8) is 0 Å². The predicted octanol–water partition coefficient (Wildman–Crippen LogP) is 0.574. The zero-order valence-corrected chi connectivity index (χ0v) is 15.2. The molecule has 9 heteroatoms. The molecule has 1 saturated heterocycles. The van der Waals surface area contributed by atoms with Gasteiger partial charge >= 0.3 is 0 Å². The van der Waals surface area contributed by atoms with Crippen LogP contribution in [0.25, 0.3) is 0 Å². The molecule has 1 aliphatic heterocycles. The molecule has 1 fully saturated rings. The summed E-state index contributed by atoms with van der Waals surface area (Å²) in [6.07, 6.45) is 0. The van der Waals surface area contributed by atoms with Gasteiger partial charge < -0.3 is 10.1 Å². The first-order valence-electron chi connectivity index (χ1n) is 8.23. The average molecular weight is 373 g/mol. The number of benzene rings is 1. The van der Waals surface area contributed by atoms with Crippen molar-refractivity contribution in [2.24, 2.45) is 0 Å². The second-order valence-corrected chi connectivity index (χ2v) is 7.70. The monoisotopic (exact) mass is 373 g/mol. The van der Waals surface area contributed by atoms with E-state index in [1.54, 1.807) is 6.92 Å². The van der Waals surface area contributed by atoms with Crippen LogP contribution in [0.3, 0.4) is 0 Å². The molecule has 25 heavy (non-hydrogen) atoms. The molecule has 1 amide bonds. The molecule has 1 unspecified atom stereocenters. The summed E-state index contributed by atoms with van der Waals surface area (Å²) in [5, 5.41) is 2.72. The van der Waals surface area contributed by atoms with Crippen molar-refractivity contribution in [1.82, 2.24) is 14.9 Å². The van der Waals surface area contributed by atoms with E-state index in [1.807, 2.05) is 6.92 Å². The lowest BCUT2D eigenvalue weighted by Gasteiger charge is -2.29. The van der Waals surface area contributed by atoms with Crippen LogP contribution >= 0.6 is 0 Å². The van der Waals surface area contributed by atoms with Crippen molar-refractivity contribution in [2.45, 2.75) is 24.8 Å². The highest BCUT2D eigenvalue weighted by Crippen LogP contribution is 2.15. The zero-order chi connectivity index (χ0) is 18.4. The molecule has 140 valence electrons. The number of hydrogen-bond acceptors (Lipinski definition) is 5. The standard InChI is InChI=1S/C16H24FN3O4S/c1-3-18-25(22,23)13-4-5-15(17)14(10-13)16(21)19-12(2)11-20-6-8-24-9-7-20/h4-5,10,12,18H,3,6-9,11H2,1-2H3,(H,19,21).